The molecule has 2 rings (SSSR count). The van der Waals surface area contributed by atoms with E-state index in [1.807, 2.05) is 52.0 Å². The van der Waals surface area contributed by atoms with E-state index in [2.05, 4.69) is 10.6 Å². The van der Waals surface area contributed by atoms with Crippen LogP contribution < -0.4 is 10.6 Å². The maximum absolute atomic E-state index is 12.3. The topological polar surface area (TPSA) is 78.5 Å². The van der Waals surface area contributed by atoms with Gasteiger partial charge in [0.2, 0.25) is 11.8 Å². The molecule has 0 spiro atoms. The lowest BCUT2D eigenvalue weighted by atomic mass is 10.1. The highest BCUT2D eigenvalue weighted by molar-refractivity contribution is 5.98. The smallest absolute Gasteiger partial charge is 0.251 e. The van der Waals surface area contributed by atoms with Gasteiger partial charge in [0.1, 0.15) is 0 Å². The first-order valence-electron chi connectivity index (χ1n) is 9.14. The Kier molecular flexibility index (Phi) is 6.93. The first-order chi connectivity index (χ1) is 13.2. The van der Waals surface area contributed by atoms with Crippen LogP contribution in [0.5, 0.6) is 0 Å². The van der Waals surface area contributed by atoms with Gasteiger partial charge >= 0.3 is 0 Å². The number of likely N-dealkylation sites (N-methyl/N-ethyl adjacent to an activating group) is 1. The average molecular weight is 381 g/mol. The maximum Gasteiger partial charge on any atom is 0.251 e. The van der Waals surface area contributed by atoms with Crippen LogP contribution in [0.2, 0.25) is 0 Å². The van der Waals surface area contributed by atoms with Crippen LogP contribution in [0.4, 0.5) is 5.69 Å². The van der Waals surface area contributed by atoms with Crippen molar-refractivity contribution < 1.29 is 14.4 Å². The fraction of sp³-hybridized carbons (Fsp3) is 0.318. The molecule has 0 saturated carbocycles. The lowest BCUT2D eigenvalue weighted by Gasteiger charge is -2.18. The summed E-state index contributed by atoms with van der Waals surface area (Å²) in [5.41, 5.74) is 5.28. The molecule has 6 nitrogen and oxygen atoms in total. The highest BCUT2D eigenvalue weighted by atomic mass is 16.2. The summed E-state index contributed by atoms with van der Waals surface area (Å²) in [6.07, 6.45) is 0. The number of hydrogen-bond donors (Lipinski definition) is 2. The first kappa shape index (κ1) is 21.2. The summed E-state index contributed by atoms with van der Waals surface area (Å²) in [5.74, 6) is -0.938. The Labute approximate surface area is 165 Å². The minimum atomic E-state index is -0.339. The molecule has 0 saturated heterocycles. The van der Waals surface area contributed by atoms with Gasteiger partial charge in [-0.3, -0.25) is 14.4 Å². The van der Waals surface area contributed by atoms with E-state index in [-0.39, 0.29) is 30.8 Å². The fourth-order valence-electron chi connectivity index (χ4n) is 2.88. The van der Waals surface area contributed by atoms with Gasteiger partial charge in [-0.05, 0) is 57.0 Å². The Morgan fingerprint density at radius 2 is 1.61 bits per heavy atom. The van der Waals surface area contributed by atoms with Crippen molar-refractivity contribution in [3.05, 3.63) is 64.2 Å². The van der Waals surface area contributed by atoms with Crippen LogP contribution in [0.25, 0.3) is 0 Å². The van der Waals surface area contributed by atoms with Gasteiger partial charge in [0.05, 0.1) is 13.1 Å². The summed E-state index contributed by atoms with van der Waals surface area (Å²) in [6, 6.07) is 11.2. The van der Waals surface area contributed by atoms with Crippen molar-refractivity contribution in [1.82, 2.24) is 10.2 Å². The zero-order valence-corrected chi connectivity index (χ0v) is 17.1. The zero-order chi connectivity index (χ0) is 20.8. The number of nitrogens with zero attached hydrogens (tertiary/aromatic N) is 1. The van der Waals surface area contributed by atoms with E-state index in [0.29, 0.717) is 5.56 Å². The number of hydrogen-bond acceptors (Lipinski definition) is 3. The second-order valence-electron chi connectivity index (χ2n) is 7.10. The number of anilines is 1. The number of nitrogens with one attached hydrogen (secondary N) is 2. The predicted molar refractivity (Wildman–Crippen MR) is 110 cm³/mol. The van der Waals surface area contributed by atoms with Gasteiger partial charge in [-0.1, -0.05) is 29.3 Å². The van der Waals surface area contributed by atoms with E-state index in [9.17, 15) is 14.4 Å². The van der Waals surface area contributed by atoms with Crippen molar-refractivity contribution in [1.29, 1.82) is 0 Å². The Morgan fingerprint density at radius 3 is 2.25 bits per heavy atom. The number of carbonyl (C=O) groups is 3. The molecule has 6 heteroatoms. The van der Waals surface area contributed by atoms with Crippen LogP contribution in [0.15, 0.2) is 36.4 Å². The third-order valence-corrected chi connectivity index (χ3v) is 4.57. The maximum atomic E-state index is 12.3. The van der Waals surface area contributed by atoms with Crippen molar-refractivity contribution >= 4 is 23.4 Å². The van der Waals surface area contributed by atoms with Crippen LogP contribution in [0.1, 0.15) is 32.6 Å². The molecule has 0 aliphatic carbocycles. The Hall–Kier alpha value is -3.15. The van der Waals surface area contributed by atoms with Gasteiger partial charge < -0.3 is 15.5 Å². The number of carbonyl (C=O) groups excluding carboxylic acids is 3. The molecule has 3 amide bonds. The molecule has 2 N–H and O–H groups in total. The van der Waals surface area contributed by atoms with Crippen molar-refractivity contribution in [2.75, 3.05) is 25.5 Å². The highest BCUT2D eigenvalue weighted by Gasteiger charge is 2.15. The Morgan fingerprint density at radius 1 is 0.964 bits per heavy atom. The van der Waals surface area contributed by atoms with Crippen LogP contribution in [-0.4, -0.2) is 42.8 Å². The van der Waals surface area contributed by atoms with Crippen molar-refractivity contribution in [3.63, 3.8) is 0 Å². The quantitative estimate of drug-likeness (QED) is 0.808. The molecule has 0 aliphatic heterocycles. The van der Waals surface area contributed by atoms with Gasteiger partial charge in [0.25, 0.3) is 5.91 Å². The van der Waals surface area contributed by atoms with E-state index < -0.39 is 0 Å². The molecule has 0 radical (unpaired) electrons. The predicted octanol–water partition coefficient (Wildman–Crippen LogP) is 2.75. The van der Waals surface area contributed by atoms with E-state index in [0.717, 1.165) is 27.9 Å². The fourth-order valence-corrected chi connectivity index (χ4v) is 2.88. The van der Waals surface area contributed by atoms with Crippen molar-refractivity contribution in [3.8, 4) is 0 Å². The molecule has 0 bridgehead atoms. The molecule has 0 fully saturated rings. The summed E-state index contributed by atoms with van der Waals surface area (Å²) in [4.78, 5) is 38.0. The highest BCUT2D eigenvalue weighted by Crippen LogP contribution is 2.17. The number of aryl methyl sites for hydroxylation is 3. The monoisotopic (exact) mass is 381 g/mol. The van der Waals surface area contributed by atoms with Gasteiger partial charge in [0, 0.05) is 18.3 Å². The summed E-state index contributed by atoms with van der Waals surface area (Å²) in [6.45, 7) is 7.47. The molecule has 0 unspecified atom stereocenters. The third kappa shape index (κ3) is 5.67. The molecule has 0 aliphatic rings. The van der Waals surface area contributed by atoms with Gasteiger partial charge in [-0.15, -0.1) is 0 Å². The van der Waals surface area contributed by atoms with Crippen LogP contribution >= 0.6 is 0 Å². The van der Waals surface area contributed by atoms with E-state index in [1.54, 1.807) is 12.1 Å². The summed E-state index contributed by atoms with van der Waals surface area (Å²) < 4.78 is 0. The normalized spacial score (nSPS) is 10.3. The minimum Gasteiger partial charge on any atom is -0.343 e. The second-order valence-corrected chi connectivity index (χ2v) is 7.10. The summed E-state index contributed by atoms with van der Waals surface area (Å²) in [7, 11) is 1.54. The van der Waals surface area contributed by atoms with Crippen molar-refractivity contribution in [2.24, 2.45) is 0 Å². The van der Waals surface area contributed by atoms with E-state index >= 15 is 0 Å². The Bertz CT molecular complexity index is 886. The largest absolute Gasteiger partial charge is 0.343 e. The molecule has 148 valence electrons. The Balaban J connectivity index is 1.87. The third-order valence-electron chi connectivity index (χ3n) is 4.57. The molecule has 2 aromatic rings. The van der Waals surface area contributed by atoms with Crippen LogP contribution in [0.3, 0.4) is 0 Å². The summed E-state index contributed by atoms with van der Waals surface area (Å²) in [5, 5.41) is 5.43. The second kappa shape index (κ2) is 9.17. The molecular weight excluding hydrogens is 354 g/mol. The number of amides is 3. The van der Waals surface area contributed by atoms with Crippen molar-refractivity contribution in [2.45, 2.75) is 27.7 Å². The average Bonchev–Trinajstić information content (AvgIpc) is 2.62. The molecule has 0 atom stereocenters. The zero-order valence-electron chi connectivity index (χ0n) is 17.1. The lowest BCUT2D eigenvalue weighted by Crippen LogP contribution is -2.41. The molecule has 0 heterocycles. The standard InChI is InChI=1S/C22H27N3O3/c1-14-9-15(2)11-18(10-14)22(28)23-12-21(27)25(5)13-20(26)24-19-8-6-7-16(3)17(19)4/h6-11H,12-13H2,1-5H3,(H,23,28)(H,24,26). The van der Waals surface area contributed by atoms with E-state index in [4.69, 9.17) is 0 Å². The lowest BCUT2D eigenvalue weighted by molar-refractivity contribution is -0.132. The molecule has 0 aromatic heterocycles. The minimum absolute atomic E-state index is 0.0916. The molecule has 28 heavy (non-hydrogen) atoms. The number of rotatable bonds is 6. The van der Waals surface area contributed by atoms with Crippen LogP contribution in [-0.2, 0) is 9.59 Å². The summed E-state index contributed by atoms with van der Waals surface area (Å²) >= 11 is 0. The van der Waals surface area contributed by atoms with E-state index in [1.165, 1.54) is 11.9 Å². The molecular formula is C22H27N3O3. The number of benzene rings is 2. The SMILES string of the molecule is Cc1cc(C)cc(C(=O)NCC(=O)N(C)CC(=O)Nc2cccc(C)c2C)c1. The molecule has 2 aromatic carbocycles. The van der Waals surface area contributed by atoms with Crippen LogP contribution in [0, 0.1) is 27.7 Å². The first-order valence-corrected chi connectivity index (χ1v) is 9.14. The van der Waals surface area contributed by atoms with Gasteiger partial charge in [0.15, 0.2) is 0 Å². The van der Waals surface area contributed by atoms with Gasteiger partial charge in [-0.2, -0.15) is 0 Å². The van der Waals surface area contributed by atoms with Gasteiger partial charge in [-0.25, -0.2) is 0 Å².